The molecule has 3 aromatic heterocycles. The summed E-state index contributed by atoms with van der Waals surface area (Å²) in [5.74, 6) is -0.314. The van der Waals surface area contributed by atoms with Crippen molar-refractivity contribution in [2.45, 2.75) is 25.9 Å². The number of aromatic nitrogens is 3. The first-order valence-corrected chi connectivity index (χ1v) is 12.6. The van der Waals surface area contributed by atoms with Crippen molar-refractivity contribution in [3.05, 3.63) is 90.0 Å². The number of benzene rings is 1. The van der Waals surface area contributed by atoms with Crippen LogP contribution >= 0.6 is 0 Å². The summed E-state index contributed by atoms with van der Waals surface area (Å²) in [6.07, 6.45) is 10.3. The first-order chi connectivity index (χ1) is 17.6. The Hall–Kier alpha value is -3.71. The molecular formula is C29H31N5O2. The number of fused-ring (bicyclic) bond motifs is 1. The molecule has 4 aromatic rings. The van der Waals surface area contributed by atoms with E-state index in [0.717, 1.165) is 30.8 Å². The van der Waals surface area contributed by atoms with E-state index < -0.39 is 0 Å². The average molecular weight is 482 g/mol. The monoisotopic (exact) mass is 481 g/mol. The summed E-state index contributed by atoms with van der Waals surface area (Å²) in [7, 11) is 1.40. The van der Waals surface area contributed by atoms with E-state index in [1.54, 1.807) is 0 Å². The third-order valence-electron chi connectivity index (χ3n) is 7.78. The number of pyridine rings is 2. The van der Waals surface area contributed by atoms with E-state index >= 15 is 0 Å². The Kier molecular flexibility index (Phi) is 5.93. The van der Waals surface area contributed by atoms with Gasteiger partial charge in [-0.15, -0.1) is 0 Å². The Morgan fingerprint density at radius 3 is 2.50 bits per heavy atom. The summed E-state index contributed by atoms with van der Waals surface area (Å²) in [5, 5.41) is 1.20. The van der Waals surface area contributed by atoms with Crippen LogP contribution in [0.25, 0.3) is 11.0 Å². The Morgan fingerprint density at radius 1 is 0.972 bits per heavy atom. The van der Waals surface area contributed by atoms with Crippen LogP contribution in [0.15, 0.2) is 73.3 Å². The molecular weight excluding hydrogens is 450 g/mol. The molecule has 2 aliphatic rings. The van der Waals surface area contributed by atoms with Gasteiger partial charge in [0.25, 0.3) is 0 Å². The van der Waals surface area contributed by atoms with Crippen molar-refractivity contribution >= 4 is 22.7 Å². The molecule has 0 saturated carbocycles. The predicted molar refractivity (Wildman–Crippen MR) is 140 cm³/mol. The molecule has 0 atom stereocenters. The van der Waals surface area contributed by atoms with Gasteiger partial charge in [0, 0.05) is 75.1 Å². The summed E-state index contributed by atoms with van der Waals surface area (Å²) >= 11 is 0. The van der Waals surface area contributed by atoms with E-state index in [4.69, 9.17) is 9.72 Å². The highest BCUT2D eigenvalue weighted by molar-refractivity contribution is 5.90. The molecule has 1 aromatic carbocycles. The number of likely N-dealkylation sites (tertiary alicyclic amines) is 1. The standard InChI is InChI=1S/C29H31N5O2/c1-36-28(35)24-6-4-22(5-7-24)19-34-14-9-25-26(8-13-31-27(25)34)33-15-10-29(11-16-33)20-32(21-29)18-23-3-2-12-30-17-23/h2-9,12-14,17H,10-11,15-16,18-21H2,1H3. The van der Waals surface area contributed by atoms with Crippen LogP contribution in [0, 0.1) is 5.41 Å². The molecule has 2 aliphatic heterocycles. The van der Waals surface area contributed by atoms with Gasteiger partial charge in [0.15, 0.2) is 0 Å². The Morgan fingerprint density at radius 2 is 1.78 bits per heavy atom. The fraction of sp³-hybridized carbons (Fsp3) is 0.345. The Balaban J connectivity index is 1.11. The van der Waals surface area contributed by atoms with Crippen LogP contribution < -0.4 is 4.90 Å². The quantitative estimate of drug-likeness (QED) is 0.381. The maximum atomic E-state index is 11.7. The minimum Gasteiger partial charge on any atom is -0.465 e. The summed E-state index contributed by atoms with van der Waals surface area (Å²) < 4.78 is 6.98. The lowest BCUT2D eigenvalue weighted by Crippen LogP contribution is -2.59. The number of hydrogen-bond acceptors (Lipinski definition) is 6. The molecule has 184 valence electrons. The fourth-order valence-electron chi connectivity index (χ4n) is 5.84. The second-order valence-corrected chi connectivity index (χ2v) is 10.2. The van der Waals surface area contributed by atoms with E-state index in [0.29, 0.717) is 17.5 Å². The smallest absolute Gasteiger partial charge is 0.337 e. The molecule has 7 nitrogen and oxygen atoms in total. The van der Waals surface area contributed by atoms with Gasteiger partial charge in [0.2, 0.25) is 0 Å². The van der Waals surface area contributed by atoms with Gasteiger partial charge in [-0.3, -0.25) is 9.88 Å². The first kappa shape index (κ1) is 22.7. The van der Waals surface area contributed by atoms with Crippen LogP contribution in [0.1, 0.15) is 34.3 Å². The minimum absolute atomic E-state index is 0.314. The van der Waals surface area contributed by atoms with Gasteiger partial charge < -0.3 is 14.2 Å². The SMILES string of the molecule is COC(=O)c1ccc(Cn2ccc3c(N4CCC5(CC4)CN(Cc4cccnc4)C5)ccnc32)cc1. The van der Waals surface area contributed by atoms with Crippen molar-refractivity contribution in [3.8, 4) is 0 Å². The van der Waals surface area contributed by atoms with E-state index in [2.05, 4.69) is 43.7 Å². The molecule has 0 unspecified atom stereocenters. The molecule has 0 bridgehead atoms. The third-order valence-corrected chi connectivity index (χ3v) is 7.78. The highest BCUT2D eigenvalue weighted by Gasteiger charge is 2.44. The van der Waals surface area contributed by atoms with Crippen molar-refractivity contribution in [2.75, 3.05) is 38.2 Å². The van der Waals surface area contributed by atoms with Gasteiger partial charge in [0.1, 0.15) is 5.65 Å². The maximum absolute atomic E-state index is 11.7. The van der Waals surface area contributed by atoms with Gasteiger partial charge >= 0.3 is 5.97 Å². The van der Waals surface area contributed by atoms with E-state index in [1.165, 1.54) is 49.7 Å². The highest BCUT2D eigenvalue weighted by atomic mass is 16.5. The molecule has 0 aliphatic carbocycles. The van der Waals surface area contributed by atoms with Gasteiger partial charge in [0.05, 0.1) is 12.7 Å². The largest absolute Gasteiger partial charge is 0.465 e. The van der Waals surface area contributed by atoms with Gasteiger partial charge in [-0.05, 0) is 59.7 Å². The molecule has 0 N–H and O–H groups in total. The third kappa shape index (κ3) is 4.35. The molecule has 0 radical (unpaired) electrons. The van der Waals surface area contributed by atoms with E-state index in [1.807, 2.05) is 48.9 Å². The number of piperidine rings is 1. The zero-order chi connectivity index (χ0) is 24.5. The van der Waals surface area contributed by atoms with Crippen LogP contribution in [0.2, 0.25) is 0 Å². The number of hydrogen-bond donors (Lipinski definition) is 0. The summed E-state index contributed by atoms with van der Waals surface area (Å²) in [6.45, 7) is 6.25. The second-order valence-electron chi connectivity index (χ2n) is 10.2. The molecule has 2 fully saturated rings. The maximum Gasteiger partial charge on any atom is 0.337 e. The number of rotatable bonds is 6. The van der Waals surface area contributed by atoms with Crippen LogP contribution in [0.5, 0.6) is 0 Å². The molecule has 2 saturated heterocycles. The number of ether oxygens (including phenoxy) is 1. The van der Waals surface area contributed by atoms with Crippen LogP contribution in [0.4, 0.5) is 5.69 Å². The van der Waals surface area contributed by atoms with E-state index in [-0.39, 0.29) is 5.97 Å². The lowest BCUT2D eigenvalue weighted by Gasteiger charge is -2.54. The summed E-state index contributed by atoms with van der Waals surface area (Å²) in [6, 6.07) is 16.1. The summed E-state index contributed by atoms with van der Waals surface area (Å²) in [4.78, 5) is 25.8. The average Bonchev–Trinajstić information content (AvgIpc) is 3.32. The fourth-order valence-corrected chi connectivity index (χ4v) is 5.84. The van der Waals surface area contributed by atoms with Crippen molar-refractivity contribution in [1.82, 2.24) is 19.4 Å². The van der Waals surface area contributed by atoms with Crippen LogP contribution in [0.3, 0.4) is 0 Å². The summed E-state index contributed by atoms with van der Waals surface area (Å²) in [5.41, 5.74) is 5.72. The van der Waals surface area contributed by atoms with Crippen molar-refractivity contribution in [2.24, 2.45) is 5.41 Å². The number of carbonyl (C=O) groups is 1. The normalized spacial score (nSPS) is 17.3. The second kappa shape index (κ2) is 9.39. The zero-order valence-electron chi connectivity index (χ0n) is 20.6. The Labute approximate surface area is 211 Å². The topological polar surface area (TPSA) is 63.5 Å². The lowest BCUT2D eigenvalue weighted by molar-refractivity contribution is -0.0240. The predicted octanol–water partition coefficient (Wildman–Crippen LogP) is 4.37. The van der Waals surface area contributed by atoms with Crippen LogP contribution in [-0.2, 0) is 17.8 Å². The number of carbonyl (C=O) groups excluding carboxylic acids is 1. The van der Waals surface area contributed by atoms with Crippen molar-refractivity contribution < 1.29 is 9.53 Å². The van der Waals surface area contributed by atoms with Crippen molar-refractivity contribution in [3.63, 3.8) is 0 Å². The Bertz CT molecular complexity index is 1350. The molecule has 6 rings (SSSR count). The first-order valence-electron chi connectivity index (χ1n) is 12.6. The molecule has 1 spiro atoms. The van der Waals surface area contributed by atoms with Gasteiger partial charge in [-0.25, -0.2) is 9.78 Å². The van der Waals surface area contributed by atoms with Crippen molar-refractivity contribution in [1.29, 1.82) is 0 Å². The molecule has 0 amide bonds. The number of methoxy groups -OCH3 is 1. The molecule has 5 heterocycles. The zero-order valence-corrected chi connectivity index (χ0v) is 20.6. The van der Waals surface area contributed by atoms with Gasteiger partial charge in [-0.1, -0.05) is 18.2 Å². The lowest BCUT2D eigenvalue weighted by atomic mass is 9.72. The minimum atomic E-state index is -0.314. The van der Waals surface area contributed by atoms with E-state index in [9.17, 15) is 4.79 Å². The number of anilines is 1. The highest BCUT2D eigenvalue weighted by Crippen LogP contribution is 2.42. The molecule has 7 heteroatoms. The number of esters is 1. The number of nitrogens with zero attached hydrogens (tertiary/aromatic N) is 5. The molecule has 36 heavy (non-hydrogen) atoms. The van der Waals surface area contributed by atoms with Crippen LogP contribution in [-0.4, -0.2) is 58.7 Å². The van der Waals surface area contributed by atoms with Gasteiger partial charge in [-0.2, -0.15) is 0 Å².